The van der Waals surface area contributed by atoms with Gasteiger partial charge in [-0.25, -0.2) is 8.42 Å². The summed E-state index contributed by atoms with van der Waals surface area (Å²) < 4.78 is 105. The molecule has 0 saturated carbocycles. The minimum atomic E-state index is -5.14. The molecule has 184 valence electrons. The molecule has 1 unspecified atom stereocenters. The fraction of sp³-hybridized carbons (Fsp3) is 0.429. The van der Waals surface area contributed by atoms with E-state index in [4.69, 9.17) is 0 Å². The van der Waals surface area contributed by atoms with Crippen LogP contribution in [-0.4, -0.2) is 33.0 Å². The molecule has 1 fully saturated rings. The molecule has 1 atom stereocenters. The number of likely N-dealkylation sites (tertiary alicyclic amines) is 1. The van der Waals surface area contributed by atoms with Gasteiger partial charge in [-0.15, -0.1) is 12.4 Å². The van der Waals surface area contributed by atoms with E-state index < -0.39 is 38.4 Å². The van der Waals surface area contributed by atoms with Crippen LogP contribution in [0.3, 0.4) is 0 Å². The van der Waals surface area contributed by atoms with Gasteiger partial charge in [0.05, 0.1) is 16.0 Å². The zero-order valence-electron chi connectivity index (χ0n) is 17.5. The second-order valence-electron chi connectivity index (χ2n) is 7.76. The Balaban J connectivity index is 0.00000385. The molecule has 1 aliphatic rings. The minimum Gasteiger partial charge on any atom is -0.303 e. The van der Waals surface area contributed by atoms with Crippen LogP contribution in [0.4, 0.5) is 32.0 Å². The summed E-state index contributed by atoms with van der Waals surface area (Å²) in [5.74, 6) is 0.282. The van der Waals surface area contributed by atoms with Crippen LogP contribution in [0.2, 0.25) is 0 Å². The van der Waals surface area contributed by atoms with E-state index in [1.807, 2.05) is 0 Å². The van der Waals surface area contributed by atoms with Crippen molar-refractivity contribution in [2.45, 2.75) is 42.9 Å². The van der Waals surface area contributed by atoms with E-state index in [1.165, 1.54) is 12.1 Å². The molecule has 1 aliphatic heterocycles. The summed E-state index contributed by atoms with van der Waals surface area (Å²) in [6, 6.07) is 6.59. The summed E-state index contributed by atoms with van der Waals surface area (Å²) in [4.78, 5) is 1.21. The third-order valence-corrected chi connectivity index (χ3v) is 6.68. The van der Waals surface area contributed by atoms with Gasteiger partial charge in [-0.1, -0.05) is 19.1 Å². The topological polar surface area (TPSA) is 49.4 Å². The predicted molar refractivity (Wildman–Crippen MR) is 115 cm³/mol. The van der Waals surface area contributed by atoms with Gasteiger partial charge in [-0.3, -0.25) is 4.72 Å². The van der Waals surface area contributed by atoms with Gasteiger partial charge >= 0.3 is 12.4 Å². The van der Waals surface area contributed by atoms with E-state index in [0.29, 0.717) is 0 Å². The number of halogens is 7. The Morgan fingerprint density at radius 1 is 0.970 bits per heavy atom. The SMILES string of the molecule is CCCN1CCC(c2ccc(NS(=O)(=O)c3cc(C(F)(F)F)cc(C(F)(F)F)c3)cc2)C1.Cl. The molecule has 0 bridgehead atoms. The van der Waals surface area contributed by atoms with Crippen molar-refractivity contribution in [3.8, 4) is 0 Å². The number of alkyl halides is 6. The summed E-state index contributed by atoms with van der Waals surface area (Å²) in [6.45, 7) is 4.93. The van der Waals surface area contributed by atoms with Gasteiger partial charge < -0.3 is 4.90 Å². The second kappa shape index (κ2) is 10.1. The Kier molecular flexibility index (Phi) is 8.35. The maximum atomic E-state index is 13.0. The van der Waals surface area contributed by atoms with Crippen molar-refractivity contribution in [1.82, 2.24) is 4.90 Å². The number of anilines is 1. The highest BCUT2D eigenvalue weighted by Crippen LogP contribution is 2.37. The fourth-order valence-corrected chi connectivity index (χ4v) is 4.87. The van der Waals surface area contributed by atoms with Crippen LogP contribution in [0, 0.1) is 0 Å². The molecule has 12 heteroatoms. The zero-order chi connectivity index (χ0) is 23.7. The lowest BCUT2D eigenvalue weighted by Crippen LogP contribution is -2.20. The van der Waals surface area contributed by atoms with Gasteiger partial charge in [0.2, 0.25) is 0 Å². The third-order valence-electron chi connectivity index (χ3n) is 5.32. The van der Waals surface area contributed by atoms with E-state index in [2.05, 4.69) is 16.5 Å². The number of benzene rings is 2. The standard InChI is InChI=1S/C21H22F6N2O2S.ClH/c1-2-8-29-9-7-15(13-29)14-3-5-18(6-4-14)28-32(30,31)19-11-16(20(22,23)24)10-17(12-19)21(25,26)27;/h3-6,10-12,15,28H,2,7-9,13H2,1H3;1H. The van der Waals surface area contributed by atoms with Crippen LogP contribution in [0.15, 0.2) is 47.4 Å². The molecular weight excluding hydrogens is 494 g/mol. The van der Waals surface area contributed by atoms with Gasteiger partial charge in [-0.05, 0) is 67.7 Å². The zero-order valence-corrected chi connectivity index (χ0v) is 19.1. The van der Waals surface area contributed by atoms with E-state index in [9.17, 15) is 34.8 Å². The lowest BCUT2D eigenvalue weighted by Gasteiger charge is -2.16. The number of hydrogen-bond donors (Lipinski definition) is 1. The first kappa shape index (κ1) is 27.3. The lowest BCUT2D eigenvalue weighted by atomic mass is 9.98. The highest BCUT2D eigenvalue weighted by atomic mass is 35.5. The third kappa shape index (κ3) is 6.77. The van der Waals surface area contributed by atoms with Crippen LogP contribution in [0.25, 0.3) is 0 Å². The van der Waals surface area contributed by atoms with E-state index in [-0.39, 0.29) is 42.2 Å². The van der Waals surface area contributed by atoms with Crippen LogP contribution in [-0.2, 0) is 22.4 Å². The van der Waals surface area contributed by atoms with Gasteiger partial charge in [0.1, 0.15) is 0 Å². The Labute approximate surface area is 194 Å². The maximum Gasteiger partial charge on any atom is 0.416 e. The molecule has 0 aromatic heterocycles. The van der Waals surface area contributed by atoms with Gasteiger partial charge in [-0.2, -0.15) is 26.3 Å². The van der Waals surface area contributed by atoms with E-state index in [1.54, 1.807) is 12.1 Å². The summed E-state index contributed by atoms with van der Waals surface area (Å²) in [5.41, 5.74) is -2.35. The van der Waals surface area contributed by atoms with Crippen molar-refractivity contribution < 1.29 is 34.8 Å². The number of nitrogens with one attached hydrogen (secondary N) is 1. The summed E-state index contributed by atoms with van der Waals surface area (Å²) in [5, 5.41) is 0. The smallest absolute Gasteiger partial charge is 0.303 e. The molecule has 4 nitrogen and oxygen atoms in total. The average Bonchev–Trinajstić information content (AvgIpc) is 3.15. The van der Waals surface area contributed by atoms with Crippen LogP contribution >= 0.6 is 12.4 Å². The molecule has 1 saturated heterocycles. The Morgan fingerprint density at radius 2 is 1.52 bits per heavy atom. The lowest BCUT2D eigenvalue weighted by molar-refractivity contribution is -0.143. The molecule has 0 spiro atoms. The van der Waals surface area contributed by atoms with Gasteiger partial charge in [0.25, 0.3) is 10.0 Å². The second-order valence-corrected chi connectivity index (χ2v) is 9.44. The number of nitrogens with zero attached hydrogens (tertiary/aromatic N) is 1. The quantitative estimate of drug-likeness (QED) is 0.469. The van der Waals surface area contributed by atoms with Gasteiger partial charge in [0, 0.05) is 12.2 Å². The van der Waals surface area contributed by atoms with Crippen LogP contribution < -0.4 is 4.72 Å². The molecular formula is C21H23ClF6N2O2S. The highest BCUT2D eigenvalue weighted by Gasteiger charge is 2.38. The number of sulfonamides is 1. The van der Waals surface area contributed by atoms with Crippen molar-refractivity contribution >= 4 is 28.1 Å². The van der Waals surface area contributed by atoms with Crippen molar-refractivity contribution in [3.05, 3.63) is 59.2 Å². The molecule has 2 aromatic carbocycles. The maximum absolute atomic E-state index is 13.0. The summed E-state index contributed by atoms with van der Waals surface area (Å²) >= 11 is 0. The molecule has 33 heavy (non-hydrogen) atoms. The van der Waals surface area contributed by atoms with Crippen LogP contribution in [0.5, 0.6) is 0 Å². The average molecular weight is 517 g/mol. The van der Waals surface area contributed by atoms with E-state index in [0.717, 1.165) is 38.0 Å². The number of hydrogen-bond acceptors (Lipinski definition) is 3. The van der Waals surface area contributed by atoms with Crippen molar-refractivity contribution in [2.75, 3.05) is 24.4 Å². The minimum absolute atomic E-state index is 0. The van der Waals surface area contributed by atoms with Crippen LogP contribution in [0.1, 0.15) is 42.4 Å². The first-order valence-corrected chi connectivity index (χ1v) is 11.4. The monoisotopic (exact) mass is 516 g/mol. The molecule has 2 aromatic rings. The molecule has 1 N–H and O–H groups in total. The largest absolute Gasteiger partial charge is 0.416 e. The summed E-state index contributed by atoms with van der Waals surface area (Å²) in [7, 11) is -4.69. The first-order chi connectivity index (χ1) is 14.8. The molecule has 0 radical (unpaired) electrons. The fourth-order valence-electron chi connectivity index (χ4n) is 3.74. The van der Waals surface area contributed by atoms with E-state index >= 15 is 0 Å². The normalized spacial score (nSPS) is 17.6. The summed E-state index contributed by atoms with van der Waals surface area (Å²) in [6.07, 6.45) is -8.28. The molecule has 0 aliphatic carbocycles. The van der Waals surface area contributed by atoms with Crippen molar-refractivity contribution in [3.63, 3.8) is 0 Å². The number of rotatable bonds is 6. The Morgan fingerprint density at radius 3 is 2.00 bits per heavy atom. The Bertz CT molecular complexity index is 1020. The molecule has 1 heterocycles. The Hall–Kier alpha value is -1.98. The predicted octanol–water partition coefficient (Wildman–Crippen LogP) is 6.15. The highest BCUT2D eigenvalue weighted by molar-refractivity contribution is 7.92. The molecule has 3 rings (SSSR count). The first-order valence-electron chi connectivity index (χ1n) is 9.94. The van der Waals surface area contributed by atoms with Crippen molar-refractivity contribution in [2.24, 2.45) is 0 Å². The molecule has 0 amide bonds. The van der Waals surface area contributed by atoms with Gasteiger partial charge in [0.15, 0.2) is 0 Å². The van der Waals surface area contributed by atoms with Crippen molar-refractivity contribution in [1.29, 1.82) is 0 Å².